The van der Waals surface area contributed by atoms with Crippen LogP contribution in [0.4, 0.5) is 0 Å². The van der Waals surface area contributed by atoms with E-state index in [4.69, 9.17) is 4.98 Å². The number of hydrogen-bond donors (Lipinski definition) is 1. The Kier molecular flexibility index (Phi) is 5.28. The predicted octanol–water partition coefficient (Wildman–Crippen LogP) is 5.56. The number of fused-ring (bicyclic) bond motifs is 1. The monoisotopic (exact) mass is 450 g/mol. The fourth-order valence-electron chi connectivity index (χ4n) is 3.29. The maximum absolute atomic E-state index is 12.8. The SMILES string of the molecule is Cc1ccc(-c2csc3nc(CSc4nccn4Cc4ccccc4)[nH]c(=O)c23)s1. The molecular formula is C22H18N4OS3. The van der Waals surface area contributed by atoms with Crippen molar-refractivity contribution >= 4 is 44.7 Å². The van der Waals surface area contributed by atoms with Crippen LogP contribution in [0.1, 0.15) is 16.3 Å². The summed E-state index contributed by atoms with van der Waals surface area (Å²) in [5, 5.41) is 3.62. The number of aromatic nitrogens is 4. The molecule has 0 fully saturated rings. The average molecular weight is 451 g/mol. The van der Waals surface area contributed by atoms with E-state index in [2.05, 4.69) is 45.7 Å². The molecule has 0 aliphatic rings. The summed E-state index contributed by atoms with van der Waals surface area (Å²) < 4.78 is 2.11. The van der Waals surface area contributed by atoms with Gasteiger partial charge in [-0.1, -0.05) is 42.1 Å². The molecule has 0 aliphatic heterocycles. The molecule has 0 bridgehead atoms. The Bertz CT molecular complexity index is 1360. The number of benzene rings is 1. The Hall–Kier alpha value is -2.68. The van der Waals surface area contributed by atoms with Crippen LogP contribution < -0.4 is 5.56 Å². The van der Waals surface area contributed by atoms with Gasteiger partial charge < -0.3 is 9.55 Å². The van der Waals surface area contributed by atoms with Crippen molar-refractivity contribution in [3.05, 3.63) is 86.9 Å². The maximum Gasteiger partial charge on any atom is 0.260 e. The lowest BCUT2D eigenvalue weighted by Crippen LogP contribution is -2.11. The summed E-state index contributed by atoms with van der Waals surface area (Å²) in [7, 11) is 0. The van der Waals surface area contributed by atoms with Crippen molar-refractivity contribution in [2.75, 3.05) is 0 Å². The minimum absolute atomic E-state index is 0.0782. The molecule has 5 aromatic rings. The molecule has 5 nitrogen and oxygen atoms in total. The van der Waals surface area contributed by atoms with Gasteiger partial charge in [0, 0.05) is 39.6 Å². The van der Waals surface area contributed by atoms with Gasteiger partial charge in [0.1, 0.15) is 10.7 Å². The topological polar surface area (TPSA) is 63.6 Å². The van der Waals surface area contributed by atoms with Gasteiger partial charge in [-0.2, -0.15) is 0 Å². The Morgan fingerprint density at radius 1 is 1.17 bits per heavy atom. The van der Waals surface area contributed by atoms with E-state index in [1.54, 1.807) is 29.3 Å². The molecule has 0 aliphatic carbocycles. The van der Waals surface area contributed by atoms with Gasteiger partial charge in [-0.15, -0.1) is 22.7 Å². The number of thioether (sulfide) groups is 1. The highest BCUT2D eigenvalue weighted by Crippen LogP contribution is 2.35. The van der Waals surface area contributed by atoms with E-state index in [9.17, 15) is 4.79 Å². The zero-order valence-electron chi connectivity index (χ0n) is 16.2. The Labute approximate surface area is 185 Å². The van der Waals surface area contributed by atoms with Crippen LogP contribution in [-0.2, 0) is 12.3 Å². The summed E-state index contributed by atoms with van der Waals surface area (Å²) in [5.41, 5.74) is 2.12. The fourth-order valence-corrected chi connectivity index (χ4v) is 6.04. The molecule has 0 saturated carbocycles. The lowest BCUT2D eigenvalue weighted by atomic mass is 10.2. The number of H-pyrrole nitrogens is 1. The van der Waals surface area contributed by atoms with Gasteiger partial charge in [-0.3, -0.25) is 4.79 Å². The van der Waals surface area contributed by atoms with Gasteiger partial charge in [0.2, 0.25) is 0 Å². The van der Waals surface area contributed by atoms with Crippen molar-refractivity contribution in [1.82, 2.24) is 19.5 Å². The zero-order valence-corrected chi connectivity index (χ0v) is 18.6. The van der Waals surface area contributed by atoms with E-state index >= 15 is 0 Å². The predicted molar refractivity (Wildman–Crippen MR) is 126 cm³/mol. The van der Waals surface area contributed by atoms with E-state index in [1.165, 1.54) is 21.8 Å². The van der Waals surface area contributed by atoms with Crippen molar-refractivity contribution in [1.29, 1.82) is 0 Å². The first-order chi connectivity index (χ1) is 14.7. The number of aromatic amines is 1. The molecule has 0 saturated heterocycles. The minimum Gasteiger partial charge on any atom is -0.322 e. The summed E-state index contributed by atoms with van der Waals surface area (Å²) in [5.74, 6) is 1.23. The molecule has 4 aromatic heterocycles. The van der Waals surface area contributed by atoms with Gasteiger partial charge >= 0.3 is 0 Å². The van der Waals surface area contributed by atoms with Crippen molar-refractivity contribution in [2.45, 2.75) is 24.4 Å². The molecule has 0 unspecified atom stereocenters. The molecule has 0 radical (unpaired) electrons. The Morgan fingerprint density at radius 2 is 2.03 bits per heavy atom. The van der Waals surface area contributed by atoms with Gasteiger partial charge in [-0.25, -0.2) is 9.97 Å². The number of thiophene rings is 2. The first kappa shape index (κ1) is 19.3. The zero-order chi connectivity index (χ0) is 20.5. The fraction of sp³-hybridized carbons (Fsp3) is 0.136. The molecule has 4 heterocycles. The lowest BCUT2D eigenvalue weighted by molar-refractivity contribution is 0.708. The van der Waals surface area contributed by atoms with Crippen LogP contribution in [0.2, 0.25) is 0 Å². The molecule has 1 N–H and O–H groups in total. The van der Waals surface area contributed by atoms with Crippen LogP contribution in [0.15, 0.2) is 70.2 Å². The first-order valence-corrected chi connectivity index (χ1v) is 12.1. The van der Waals surface area contributed by atoms with Crippen LogP contribution >= 0.6 is 34.4 Å². The third kappa shape index (κ3) is 3.86. The summed E-state index contributed by atoms with van der Waals surface area (Å²) in [4.78, 5) is 28.1. The summed E-state index contributed by atoms with van der Waals surface area (Å²) in [6.07, 6.45) is 3.78. The van der Waals surface area contributed by atoms with Crippen LogP contribution in [0.3, 0.4) is 0 Å². The highest BCUT2D eigenvalue weighted by atomic mass is 32.2. The van der Waals surface area contributed by atoms with Crippen LogP contribution in [0, 0.1) is 6.92 Å². The maximum atomic E-state index is 12.8. The molecule has 1 aromatic carbocycles. The second-order valence-corrected chi connectivity index (χ2v) is 9.95. The second-order valence-electron chi connectivity index (χ2n) is 6.86. The number of nitrogens with one attached hydrogen (secondary N) is 1. The Balaban J connectivity index is 1.37. The molecular weight excluding hydrogens is 432 g/mol. The smallest absolute Gasteiger partial charge is 0.260 e. The molecule has 30 heavy (non-hydrogen) atoms. The summed E-state index contributed by atoms with van der Waals surface area (Å²) in [6.45, 7) is 2.84. The van der Waals surface area contributed by atoms with Gasteiger partial charge in [0.25, 0.3) is 5.56 Å². The highest BCUT2D eigenvalue weighted by Gasteiger charge is 2.15. The number of hydrogen-bond acceptors (Lipinski definition) is 6. The highest BCUT2D eigenvalue weighted by molar-refractivity contribution is 7.98. The quantitative estimate of drug-likeness (QED) is 0.344. The van der Waals surface area contributed by atoms with Crippen molar-refractivity contribution in [3.8, 4) is 10.4 Å². The minimum atomic E-state index is -0.0782. The van der Waals surface area contributed by atoms with E-state index in [-0.39, 0.29) is 5.56 Å². The standard InChI is InChI=1S/C22H18N4OS3/c1-14-7-8-17(30-14)16-12-28-21-19(16)20(27)24-18(25-21)13-29-22-23-9-10-26(22)11-15-5-3-2-4-6-15/h2-10,12H,11,13H2,1H3,(H,24,25,27). The van der Waals surface area contributed by atoms with E-state index in [1.807, 2.05) is 29.8 Å². The van der Waals surface area contributed by atoms with E-state index in [0.29, 0.717) is 17.0 Å². The molecule has 0 amide bonds. The summed E-state index contributed by atoms with van der Waals surface area (Å²) in [6, 6.07) is 14.4. The van der Waals surface area contributed by atoms with Crippen molar-refractivity contribution < 1.29 is 0 Å². The average Bonchev–Trinajstić information content (AvgIpc) is 3.47. The van der Waals surface area contributed by atoms with Gasteiger partial charge in [-0.05, 0) is 24.6 Å². The van der Waals surface area contributed by atoms with E-state index < -0.39 is 0 Å². The molecule has 5 rings (SSSR count). The first-order valence-electron chi connectivity index (χ1n) is 9.42. The van der Waals surface area contributed by atoms with Gasteiger partial charge in [0.15, 0.2) is 5.16 Å². The molecule has 8 heteroatoms. The van der Waals surface area contributed by atoms with Gasteiger partial charge in [0.05, 0.1) is 11.1 Å². The van der Waals surface area contributed by atoms with Crippen molar-refractivity contribution in [3.63, 3.8) is 0 Å². The number of aryl methyl sites for hydroxylation is 1. The second kappa shape index (κ2) is 8.22. The Morgan fingerprint density at radius 3 is 2.83 bits per heavy atom. The van der Waals surface area contributed by atoms with Crippen molar-refractivity contribution in [2.24, 2.45) is 0 Å². The third-order valence-corrected chi connectivity index (χ3v) is 7.63. The number of rotatable bonds is 6. The number of imidazole rings is 1. The summed E-state index contributed by atoms with van der Waals surface area (Å²) >= 11 is 4.79. The van der Waals surface area contributed by atoms with Crippen LogP contribution in [0.5, 0.6) is 0 Å². The third-order valence-electron chi connectivity index (χ3n) is 4.71. The number of nitrogens with zero attached hydrogens (tertiary/aromatic N) is 3. The molecule has 0 atom stereocenters. The normalized spacial score (nSPS) is 11.4. The van der Waals surface area contributed by atoms with Crippen LogP contribution in [-0.4, -0.2) is 19.5 Å². The molecule has 150 valence electrons. The van der Waals surface area contributed by atoms with Crippen LogP contribution in [0.25, 0.3) is 20.7 Å². The largest absolute Gasteiger partial charge is 0.322 e. The lowest BCUT2D eigenvalue weighted by Gasteiger charge is -2.07. The van der Waals surface area contributed by atoms with E-state index in [0.717, 1.165) is 27.0 Å². The molecule has 0 spiro atoms.